The lowest BCUT2D eigenvalue weighted by atomic mass is 10.1. The summed E-state index contributed by atoms with van der Waals surface area (Å²) in [5, 5.41) is 3.90. The van der Waals surface area contributed by atoms with E-state index in [1.165, 1.54) is 17.3 Å². The number of nitrogen functional groups attached to an aromatic ring is 1. The Bertz CT molecular complexity index is 544. The number of thioether (sulfide) groups is 1. The van der Waals surface area contributed by atoms with E-state index in [-0.39, 0.29) is 0 Å². The third-order valence-corrected chi connectivity index (χ3v) is 3.06. The second-order valence-corrected chi connectivity index (χ2v) is 4.59. The fourth-order valence-electron chi connectivity index (χ4n) is 1.49. The molecule has 5 nitrogen and oxygen atoms in total. The average molecular weight is 261 g/mol. The summed E-state index contributed by atoms with van der Waals surface area (Å²) in [6.45, 7) is 2.73. The van der Waals surface area contributed by atoms with Crippen LogP contribution in [0.5, 0.6) is 0 Å². The molecular formula is C12H15N5S. The molecule has 0 fully saturated rings. The zero-order chi connectivity index (χ0) is 13.0. The Morgan fingerprint density at radius 3 is 2.94 bits per heavy atom. The highest BCUT2D eigenvalue weighted by molar-refractivity contribution is 7.98. The molecule has 2 aromatic heterocycles. The predicted octanol–water partition coefficient (Wildman–Crippen LogP) is 2.10. The van der Waals surface area contributed by atoms with Crippen LogP contribution in [-0.2, 0) is 6.54 Å². The highest BCUT2D eigenvalue weighted by atomic mass is 32.2. The zero-order valence-electron chi connectivity index (χ0n) is 10.3. The fourth-order valence-corrected chi connectivity index (χ4v) is 1.88. The van der Waals surface area contributed by atoms with E-state index in [9.17, 15) is 0 Å². The van der Waals surface area contributed by atoms with Gasteiger partial charge >= 0.3 is 0 Å². The topological polar surface area (TPSA) is 76.7 Å². The Morgan fingerprint density at radius 1 is 1.39 bits per heavy atom. The Morgan fingerprint density at radius 2 is 2.22 bits per heavy atom. The summed E-state index contributed by atoms with van der Waals surface area (Å²) in [6.07, 6.45) is 5.56. The monoisotopic (exact) mass is 261 g/mol. The minimum absolute atomic E-state index is 0.472. The average Bonchev–Trinajstić information content (AvgIpc) is 2.37. The molecule has 2 rings (SSSR count). The van der Waals surface area contributed by atoms with Gasteiger partial charge < -0.3 is 11.1 Å². The van der Waals surface area contributed by atoms with Crippen molar-refractivity contribution in [2.24, 2.45) is 0 Å². The standard InChI is InChI=1S/C12H15N5S/c1-8-3-4-14-6-9(8)7-15-11-5-10(13)16-12(17-11)18-2/h3-6H,7H2,1-2H3,(H3,13,15,16,17). The van der Waals surface area contributed by atoms with Gasteiger partial charge in [0.2, 0.25) is 0 Å². The molecule has 0 aliphatic heterocycles. The van der Waals surface area contributed by atoms with E-state index in [4.69, 9.17) is 5.73 Å². The van der Waals surface area contributed by atoms with Crippen LogP contribution in [0.1, 0.15) is 11.1 Å². The molecule has 0 saturated carbocycles. The van der Waals surface area contributed by atoms with Crippen LogP contribution in [0.2, 0.25) is 0 Å². The second-order valence-electron chi connectivity index (χ2n) is 3.82. The van der Waals surface area contributed by atoms with E-state index in [1.807, 2.05) is 18.5 Å². The van der Waals surface area contributed by atoms with Crippen LogP contribution >= 0.6 is 11.8 Å². The Balaban J connectivity index is 2.11. The van der Waals surface area contributed by atoms with E-state index in [0.29, 0.717) is 17.5 Å². The molecule has 3 N–H and O–H groups in total. The molecule has 2 aromatic rings. The number of nitrogens with zero attached hydrogens (tertiary/aromatic N) is 3. The number of aromatic nitrogens is 3. The molecule has 0 aliphatic carbocycles. The number of hydrogen-bond donors (Lipinski definition) is 2. The van der Waals surface area contributed by atoms with Gasteiger partial charge in [-0.25, -0.2) is 9.97 Å². The zero-order valence-corrected chi connectivity index (χ0v) is 11.2. The third-order valence-electron chi connectivity index (χ3n) is 2.52. The van der Waals surface area contributed by atoms with Gasteiger partial charge in [0, 0.05) is 25.0 Å². The summed E-state index contributed by atoms with van der Waals surface area (Å²) in [5.74, 6) is 1.20. The molecular weight excluding hydrogens is 246 g/mol. The summed E-state index contributed by atoms with van der Waals surface area (Å²) in [7, 11) is 0. The van der Waals surface area contributed by atoms with Crippen LogP contribution in [0.4, 0.5) is 11.6 Å². The van der Waals surface area contributed by atoms with Gasteiger partial charge in [0.15, 0.2) is 5.16 Å². The van der Waals surface area contributed by atoms with Gasteiger partial charge in [-0.3, -0.25) is 4.98 Å². The van der Waals surface area contributed by atoms with Crippen molar-refractivity contribution in [2.75, 3.05) is 17.3 Å². The van der Waals surface area contributed by atoms with Crippen LogP contribution in [0.3, 0.4) is 0 Å². The van der Waals surface area contributed by atoms with Crippen molar-refractivity contribution in [1.82, 2.24) is 15.0 Å². The maximum Gasteiger partial charge on any atom is 0.191 e. The summed E-state index contributed by atoms with van der Waals surface area (Å²) in [5.41, 5.74) is 8.06. The lowest BCUT2D eigenvalue weighted by Gasteiger charge is -2.09. The molecule has 0 atom stereocenters. The first-order valence-corrected chi connectivity index (χ1v) is 6.73. The number of pyridine rings is 1. The Kier molecular flexibility index (Phi) is 3.99. The third kappa shape index (κ3) is 3.10. The number of aryl methyl sites for hydroxylation is 1. The molecule has 0 saturated heterocycles. The van der Waals surface area contributed by atoms with Crippen molar-refractivity contribution >= 4 is 23.4 Å². The van der Waals surface area contributed by atoms with Crippen molar-refractivity contribution in [3.8, 4) is 0 Å². The van der Waals surface area contributed by atoms with Crippen molar-refractivity contribution in [2.45, 2.75) is 18.6 Å². The van der Waals surface area contributed by atoms with E-state index < -0.39 is 0 Å². The van der Waals surface area contributed by atoms with Gasteiger partial charge in [-0.05, 0) is 30.4 Å². The van der Waals surface area contributed by atoms with Crippen molar-refractivity contribution in [3.05, 3.63) is 35.7 Å². The number of nitrogens with two attached hydrogens (primary N) is 1. The Labute approximate surface area is 110 Å². The first kappa shape index (κ1) is 12.6. The first-order valence-electron chi connectivity index (χ1n) is 5.51. The second kappa shape index (κ2) is 5.68. The lowest BCUT2D eigenvalue weighted by molar-refractivity contribution is 0.959. The molecule has 18 heavy (non-hydrogen) atoms. The normalized spacial score (nSPS) is 10.3. The number of hydrogen-bond acceptors (Lipinski definition) is 6. The van der Waals surface area contributed by atoms with Gasteiger partial charge in [0.05, 0.1) is 0 Å². The van der Waals surface area contributed by atoms with Gasteiger partial charge in [-0.2, -0.15) is 0 Å². The largest absolute Gasteiger partial charge is 0.383 e. The summed E-state index contributed by atoms with van der Waals surface area (Å²) in [6, 6.07) is 3.71. The van der Waals surface area contributed by atoms with Crippen molar-refractivity contribution in [3.63, 3.8) is 0 Å². The first-order chi connectivity index (χ1) is 8.69. The molecule has 0 aliphatic rings. The molecule has 0 bridgehead atoms. The van der Waals surface area contributed by atoms with Crippen LogP contribution in [-0.4, -0.2) is 21.2 Å². The van der Waals surface area contributed by atoms with E-state index >= 15 is 0 Å². The van der Waals surface area contributed by atoms with Gasteiger partial charge in [0.25, 0.3) is 0 Å². The quantitative estimate of drug-likeness (QED) is 0.648. The van der Waals surface area contributed by atoms with Crippen LogP contribution in [0.15, 0.2) is 29.7 Å². The van der Waals surface area contributed by atoms with Gasteiger partial charge in [-0.15, -0.1) is 0 Å². The van der Waals surface area contributed by atoms with Crippen LogP contribution in [0, 0.1) is 6.92 Å². The maximum absolute atomic E-state index is 5.72. The van der Waals surface area contributed by atoms with E-state index in [2.05, 4.69) is 27.2 Å². The minimum atomic E-state index is 0.472. The molecule has 0 spiro atoms. The molecule has 94 valence electrons. The molecule has 6 heteroatoms. The van der Waals surface area contributed by atoms with E-state index in [0.717, 1.165) is 11.4 Å². The van der Waals surface area contributed by atoms with Crippen LogP contribution < -0.4 is 11.1 Å². The smallest absolute Gasteiger partial charge is 0.191 e. The maximum atomic E-state index is 5.72. The molecule has 0 aromatic carbocycles. The number of rotatable bonds is 4. The molecule has 0 unspecified atom stereocenters. The SMILES string of the molecule is CSc1nc(N)cc(NCc2cnccc2C)n1. The number of anilines is 2. The summed E-state index contributed by atoms with van der Waals surface area (Å²) in [4.78, 5) is 12.5. The highest BCUT2D eigenvalue weighted by Gasteiger charge is 2.03. The molecule has 2 heterocycles. The highest BCUT2D eigenvalue weighted by Crippen LogP contribution is 2.16. The Hall–Kier alpha value is -1.82. The van der Waals surface area contributed by atoms with Gasteiger partial charge in [0.1, 0.15) is 11.6 Å². The van der Waals surface area contributed by atoms with Crippen molar-refractivity contribution < 1.29 is 0 Å². The fraction of sp³-hybridized carbons (Fsp3) is 0.250. The molecule has 0 radical (unpaired) electrons. The lowest BCUT2D eigenvalue weighted by Crippen LogP contribution is -2.05. The van der Waals surface area contributed by atoms with E-state index in [1.54, 1.807) is 12.3 Å². The summed E-state index contributed by atoms with van der Waals surface area (Å²) < 4.78 is 0. The van der Waals surface area contributed by atoms with Crippen LogP contribution in [0.25, 0.3) is 0 Å². The number of nitrogens with one attached hydrogen (secondary N) is 1. The van der Waals surface area contributed by atoms with Gasteiger partial charge in [-0.1, -0.05) is 11.8 Å². The molecule has 0 amide bonds. The minimum Gasteiger partial charge on any atom is -0.383 e. The predicted molar refractivity (Wildman–Crippen MR) is 74.5 cm³/mol. The van der Waals surface area contributed by atoms with Crippen molar-refractivity contribution in [1.29, 1.82) is 0 Å². The summed E-state index contributed by atoms with van der Waals surface area (Å²) >= 11 is 1.47.